The first-order valence-electron chi connectivity index (χ1n) is 13.0. The molecule has 1 saturated carbocycles. The summed E-state index contributed by atoms with van der Waals surface area (Å²) < 4.78 is 1.71. The zero-order chi connectivity index (χ0) is 23.9. The van der Waals surface area contributed by atoms with Gasteiger partial charge in [-0.05, 0) is 80.0 Å². The van der Waals surface area contributed by atoms with Crippen molar-refractivity contribution in [3.8, 4) is 0 Å². The first kappa shape index (κ1) is 23.3. The number of aromatic nitrogens is 2. The van der Waals surface area contributed by atoms with Crippen molar-refractivity contribution < 1.29 is 4.79 Å². The molecule has 1 aliphatic heterocycles. The highest BCUT2D eigenvalue weighted by Crippen LogP contribution is 2.59. The fourth-order valence-electron chi connectivity index (χ4n) is 6.75. The number of fused-ring (bicyclic) bond motifs is 1. The average Bonchev–Trinajstić information content (AvgIpc) is 3.29. The van der Waals surface area contributed by atoms with Crippen molar-refractivity contribution >= 4 is 5.91 Å². The number of benzene rings is 1. The molecule has 1 saturated heterocycles. The zero-order valence-corrected chi connectivity index (χ0v) is 21.3. The summed E-state index contributed by atoms with van der Waals surface area (Å²) in [5, 5.41) is 4.38. The van der Waals surface area contributed by atoms with Gasteiger partial charge in [0.25, 0.3) is 5.91 Å². The van der Waals surface area contributed by atoms with Crippen LogP contribution in [0.4, 0.5) is 0 Å². The molecule has 3 atom stereocenters. The Morgan fingerprint density at radius 3 is 2.53 bits per heavy atom. The topological polar surface area (TPSA) is 41.4 Å². The second-order valence-corrected chi connectivity index (χ2v) is 11.5. The molecule has 1 amide bonds. The van der Waals surface area contributed by atoms with Crippen LogP contribution in [0.5, 0.6) is 0 Å². The molecule has 2 fully saturated rings. The molecule has 0 spiro atoms. The number of likely N-dealkylation sites (N-methyl/N-ethyl adjacent to an activating group) is 1. The van der Waals surface area contributed by atoms with E-state index in [2.05, 4.69) is 60.3 Å². The maximum absolute atomic E-state index is 13.3. The summed E-state index contributed by atoms with van der Waals surface area (Å²) in [6, 6.07) is 12.6. The summed E-state index contributed by atoms with van der Waals surface area (Å²) in [6.45, 7) is 8.31. The van der Waals surface area contributed by atoms with E-state index in [1.807, 2.05) is 31.3 Å². The van der Waals surface area contributed by atoms with E-state index in [1.165, 1.54) is 18.4 Å². The lowest BCUT2D eigenvalue weighted by atomic mass is 9.49. The fourth-order valence-corrected chi connectivity index (χ4v) is 6.75. The highest BCUT2D eigenvalue weighted by atomic mass is 16.2. The van der Waals surface area contributed by atoms with Crippen LogP contribution in [0.3, 0.4) is 0 Å². The van der Waals surface area contributed by atoms with E-state index in [0.717, 1.165) is 50.7 Å². The van der Waals surface area contributed by atoms with Gasteiger partial charge in [-0.3, -0.25) is 14.4 Å². The van der Waals surface area contributed by atoms with Crippen LogP contribution in [0.25, 0.3) is 0 Å². The Balaban J connectivity index is 1.25. The van der Waals surface area contributed by atoms with Crippen LogP contribution in [-0.2, 0) is 13.5 Å². The van der Waals surface area contributed by atoms with Crippen molar-refractivity contribution in [2.45, 2.75) is 52.0 Å². The molecule has 0 radical (unpaired) electrons. The maximum atomic E-state index is 13.3. The molecule has 0 N–H and O–H groups in total. The third kappa shape index (κ3) is 4.47. The SMILES string of the molecule is CN(C(=O)c1ccn(C)n1)C(Cc1ccccc1)C1CCN(CC2=CC[C@H]3C[C@@H]2C3(C)C)CC1. The summed E-state index contributed by atoms with van der Waals surface area (Å²) in [5.74, 6) is 2.21. The summed E-state index contributed by atoms with van der Waals surface area (Å²) in [5.41, 5.74) is 4.02. The number of rotatable bonds is 7. The summed E-state index contributed by atoms with van der Waals surface area (Å²) in [7, 11) is 3.83. The van der Waals surface area contributed by atoms with Gasteiger partial charge in [-0.15, -0.1) is 0 Å². The van der Waals surface area contributed by atoms with Crippen LogP contribution in [0.1, 0.15) is 55.6 Å². The minimum absolute atomic E-state index is 0.0260. The fraction of sp³-hybridized carbons (Fsp3) is 0.586. The molecule has 2 aromatic rings. The van der Waals surface area contributed by atoms with E-state index < -0.39 is 0 Å². The first-order valence-corrected chi connectivity index (χ1v) is 13.0. The predicted octanol–water partition coefficient (Wildman–Crippen LogP) is 4.81. The van der Waals surface area contributed by atoms with Gasteiger partial charge in [0.05, 0.1) is 0 Å². The van der Waals surface area contributed by atoms with E-state index in [-0.39, 0.29) is 11.9 Å². The van der Waals surface area contributed by atoms with Crippen molar-refractivity contribution in [2.24, 2.45) is 30.2 Å². The summed E-state index contributed by atoms with van der Waals surface area (Å²) in [4.78, 5) is 17.9. The highest BCUT2D eigenvalue weighted by Gasteiger charge is 2.51. The lowest BCUT2D eigenvalue weighted by molar-refractivity contribution is -0.0120. The molecule has 182 valence electrons. The molecule has 5 heteroatoms. The van der Waals surface area contributed by atoms with Gasteiger partial charge in [-0.25, -0.2) is 0 Å². The first-order chi connectivity index (χ1) is 16.3. The molecule has 1 unspecified atom stereocenters. The van der Waals surface area contributed by atoms with Crippen molar-refractivity contribution in [3.63, 3.8) is 0 Å². The molecular weight excluding hydrogens is 420 g/mol. The predicted molar refractivity (Wildman–Crippen MR) is 136 cm³/mol. The Morgan fingerprint density at radius 2 is 1.91 bits per heavy atom. The lowest BCUT2D eigenvalue weighted by Gasteiger charge is -2.57. The minimum Gasteiger partial charge on any atom is -0.337 e. The Bertz CT molecular complexity index is 1030. The Labute approximate surface area is 204 Å². The molecule has 6 rings (SSSR count). The van der Waals surface area contributed by atoms with Gasteiger partial charge in [-0.1, -0.05) is 55.8 Å². The van der Waals surface area contributed by atoms with Gasteiger partial charge in [-0.2, -0.15) is 5.10 Å². The molecule has 3 aliphatic carbocycles. The Hall–Kier alpha value is -2.40. The summed E-state index contributed by atoms with van der Waals surface area (Å²) in [6.07, 6.45) is 10.2. The average molecular weight is 461 g/mol. The van der Waals surface area contributed by atoms with E-state index in [4.69, 9.17) is 0 Å². The number of likely N-dealkylation sites (tertiary alicyclic amines) is 1. The van der Waals surface area contributed by atoms with Crippen LogP contribution in [0, 0.1) is 23.2 Å². The van der Waals surface area contributed by atoms with Gasteiger partial charge < -0.3 is 4.90 Å². The van der Waals surface area contributed by atoms with Crippen LogP contribution in [-0.4, -0.2) is 58.2 Å². The van der Waals surface area contributed by atoms with Gasteiger partial charge in [0, 0.05) is 32.9 Å². The molecule has 34 heavy (non-hydrogen) atoms. The van der Waals surface area contributed by atoms with Crippen molar-refractivity contribution in [2.75, 3.05) is 26.7 Å². The van der Waals surface area contributed by atoms with Crippen LogP contribution < -0.4 is 0 Å². The van der Waals surface area contributed by atoms with Gasteiger partial charge in [0.1, 0.15) is 5.69 Å². The number of piperidine rings is 1. The van der Waals surface area contributed by atoms with E-state index >= 15 is 0 Å². The van der Waals surface area contributed by atoms with Crippen LogP contribution >= 0.6 is 0 Å². The maximum Gasteiger partial charge on any atom is 0.274 e. The van der Waals surface area contributed by atoms with Crippen molar-refractivity contribution in [3.05, 3.63) is 65.5 Å². The largest absolute Gasteiger partial charge is 0.337 e. The molecule has 2 heterocycles. The molecule has 5 nitrogen and oxygen atoms in total. The number of allylic oxidation sites excluding steroid dienone is 1. The molecular formula is C29H40N4O. The number of carbonyl (C=O) groups is 1. The summed E-state index contributed by atoms with van der Waals surface area (Å²) >= 11 is 0. The third-order valence-electron chi connectivity index (χ3n) is 9.20. The molecule has 1 aromatic carbocycles. The minimum atomic E-state index is 0.0260. The molecule has 1 aromatic heterocycles. The van der Waals surface area contributed by atoms with E-state index in [0.29, 0.717) is 17.0 Å². The van der Waals surface area contributed by atoms with E-state index in [9.17, 15) is 4.79 Å². The lowest BCUT2D eigenvalue weighted by Crippen LogP contribution is -2.51. The third-order valence-corrected chi connectivity index (χ3v) is 9.20. The normalized spacial score (nSPS) is 25.4. The van der Waals surface area contributed by atoms with Gasteiger partial charge in [0.15, 0.2) is 0 Å². The number of aryl methyl sites for hydroxylation is 1. The number of amides is 1. The van der Waals surface area contributed by atoms with Crippen LogP contribution in [0.15, 0.2) is 54.2 Å². The van der Waals surface area contributed by atoms with E-state index in [1.54, 1.807) is 10.3 Å². The second kappa shape index (κ2) is 9.33. The molecule has 2 bridgehead atoms. The standard InChI is InChI=1S/C29H40N4O/c1-29(2)24-11-10-23(25(29)19-24)20-33-16-12-22(13-17-33)27(18-21-8-6-5-7-9-21)32(4)28(34)26-14-15-31(3)30-26/h5-10,14-15,22,24-25,27H,11-13,16-20H2,1-4H3/t24-,25-,27?/m0/s1. The highest BCUT2D eigenvalue weighted by molar-refractivity contribution is 5.92. The quantitative estimate of drug-likeness (QED) is 0.557. The van der Waals surface area contributed by atoms with Gasteiger partial charge >= 0.3 is 0 Å². The molecule has 4 aliphatic rings. The number of nitrogens with zero attached hydrogens (tertiary/aromatic N) is 4. The van der Waals surface area contributed by atoms with Crippen molar-refractivity contribution in [1.82, 2.24) is 19.6 Å². The zero-order valence-electron chi connectivity index (χ0n) is 21.3. The number of carbonyl (C=O) groups excluding carboxylic acids is 1. The van der Waals surface area contributed by atoms with Crippen LogP contribution in [0.2, 0.25) is 0 Å². The smallest absolute Gasteiger partial charge is 0.274 e. The number of hydrogen-bond acceptors (Lipinski definition) is 3. The monoisotopic (exact) mass is 460 g/mol. The number of hydrogen-bond donors (Lipinski definition) is 0. The Kier molecular flexibility index (Phi) is 6.41. The Morgan fingerprint density at radius 1 is 1.18 bits per heavy atom. The van der Waals surface area contributed by atoms with Gasteiger partial charge in [0.2, 0.25) is 0 Å². The second-order valence-electron chi connectivity index (χ2n) is 11.5. The van der Waals surface area contributed by atoms with Crippen molar-refractivity contribution in [1.29, 1.82) is 0 Å².